The Morgan fingerprint density at radius 2 is 2.16 bits per heavy atom. The fraction of sp³-hybridized carbons (Fsp3) is 0.467. The van der Waals surface area contributed by atoms with E-state index in [1.807, 2.05) is 12.1 Å². The molecule has 0 spiro atoms. The quantitative estimate of drug-likeness (QED) is 0.811. The van der Waals surface area contributed by atoms with Gasteiger partial charge in [0, 0.05) is 11.7 Å². The molecule has 1 aliphatic rings. The molecule has 0 radical (unpaired) electrons. The molecule has 0 aromatic heterocycles. The lowest BCUT2D eigenvalue weighted by Crippen LogP contribution is -2.43. The molecule has 2 rings (SSSR count). The van der Waals surface area contributed by atoms with Gasteiger partial charge in [0.25, 0.3) is 0 Å². The van der Waals surface area contributed by atoms with Gasteiger partial charge in [-0.1, -0.05) is 25.8 Å². The zero-order chi connectivity index (χ0) is 13.7. The van der Waals surface area contributed by atoms with Gasteiger partial charge < -0.3 is 10.6 Å². The molecule has 2 unspecified atom stereocenters. The van der Waals surface area contributed by atoms with Crippen LogP contribution < -0.4 is 10.6 Å². The van der Waals surface area contributed by atoms with Crippen LogP contribution in [0.3, 0.4) is 0 Å². The average Bonchev–Trinajstić information content (AvgIpc) is 2.41. The standard InChI is InChI=1S/C15H19N3S/c1-11-5-2-3-8-14(11)18-15(19)17-13-7-4-6-12(9-13)10-16/h4,6-7,9,11,14H,2-3,5,8H2,1H3,(H2,17,18,19). The van der Waals surface area contributed by atoms with Crippen molar-refractivity contribution < 1.29 is 0 Å². The number of hydrogen-bond acceptors (Lipinski definition) is 2. The van der Waals surface area contributed by atoms with Gasteiger partial charge in [0.05, 0.1) is 11.6 Å². The second-order valence-electron chi connectivity index (χ2n) is 5.16. The summed E-state index contributed by atoms with van der Waals surface area (Å²) in [4.78, 5) is 0. The van der Waals surface area contributed by atoms with Crippen LogP contribution in [0, 0.1) is 17.2 Å². The second kappa shape index (κ2) is 6.53. The molecule has 1 saturated carbocycles. The first kappa shape index (κ1) is 13.8. The smallest absolute Gasteiger partial charge is 0.171 e. The number of anilines is 1. The molecule has 0 bridgehead atoms. The van der Waals surface area contributed by atoms with Gasteiger partial charge in [0.15, 0.2) is 5.11 Å². The molecule has 3 nitrogen and oxygen atoms in total. The molecule has 4 heteroatoms. The topological polar surface area (TPSA) is 47.8 Å². The lowest BCUT2D eigenvalue weighted by Gasteiger charge is -2.30. The number of nitrogens with one attached hydrogen (secondary N) is 2. The van der Waals surface area contributed by atoms with Crippen molar-refractivity contribution in [3.8, 4) is 6.07 Å². The lowest BCUT2D eigenvalue weighted by atomic mass is 9.86. The highest BCUT2D eigenvalue weighted by atomic mass is 32.1. The summed E-state index contributed by atoms with van der Waals surface area (Å²) in [7, 11) is 0. The zero-order valence-electron chi connectivity index (χ0n) is 11.1. The van der Waals surface area contributed by atoms with Crippen molar-refractivity contribution in [2.75, 3.05) is 5.32 Å². The first-order valence-corrected chi connectivity index (χ1v) is 7.17. The maximum Gasteiger partial charge on any atom is 0.171 e. The van der Waals surface area contributed by atoms with Gasteiger partial charge in [-0.15, -0.1) is 0 Å². The molecule has 0 aliphatic heterocycles. The van der Waals surface area contributed by atoms with Crippen LogP contribution in [0.15, 0.2) is 24.3 Å². The summed E-state index contributed by atoms with van der Waals surface area (Å²) in [6.45, 7) is 2.27. The Labute approximate surface area is 120 Å². The van der Waals surface area contributed by atoms with Crippen LogP contribution in [-0.4, -0.2) is 11.2 Å². The van der Waals surface area contributed by atoms with E-state index in [1.54, 1.807) is 12.1 Å². The van der Waals surface area contributed by atoms with Crippen LogP contribution in [0.25, 0.3) is 0 Å². The van der Waals surface area contributed by atoms with Crippen molar-refractivity contribution in [2.24, 2.45) is 5.92 Å². The minimum absolute atomic E-state index is 0.466. The number of benzene rings is 1. The third-order valence-corrected chi connectivity index (χ3v) is 3.90. The van der Waals surface area contributed by atoms with Gasteiger partial charge >= 0.3 is 0 Å². The molecular weight excluding hydrogens is 254 g/mol. The van der Waals surface area contributed by atoms with Gasteiger partial charge in [-0.3, -0.25) is 0 Å². The summed E-state index contributed by atoms with van der Waals surface area (Å²) >= 11 is 5.34. The number of rotatable bonds is 2. The number of thiocarbonyl (C=S) groups is 1. The molecule has 1 aliphatic carbocycles. The molecule has 0 saturated heterocycles. The Kier molecular flexibility index (Phi) is 4.75. The Balaban J connectivity index is 1.91. The van der Waals surface area contributed by atoms with Crippen LogP contribution in [0.2, 0.25) is 0 Å². The normalized spacial score (nSPS) is 22.3. The van der Waals surface area contributed by atoms with Crippen molar-refractivity contribution >= 4 is 23.0 Å². The largest absolute Gasteiger partial charge is 0.359 e. The van der Waals surface area contributed by atoms with Crippen molar-refractivity contribution in [1.82, 2.24) is 5.32 Å². The molecule has 2 N–H and O–H groups in total. The van der Waals surface area contributed by atoms with E-state index >= 15 is 0 Å². The van der Waals surface area contributed by atoms with Gasteiger partial charge in [-0.05, 0) is 49.2 Å². The number of nitrogens with zero attached hydrogens (tertiary/aromatic N) is 1. The molecule has 1 aromatic carbocycles. The Morgan fingerprint density at radius 3 is 2.89 bits per heavy atom. The van der Waals surface area contributed by atoms with Gasteiger partial charge in [-0.25, -0.2) is 0 Å². The molecule has 100 valence electrons. The highest BCUT2D eigenvalue weighted by Gasteiger charge is 2.21. The summed E-state index contributed by atoms with van der Waals surface area (Å²) in [5.74, 6) is 0.666. The first-order chi connectivity index (χ1) is 9.19. The predicted octanol–water partition coefficient (Wildman–Crippen LogP) is 3.42. The first-order valence-electron chi connectivity index (χ1n) is 6.76. The summed E-state index contributed by atoms with van der Waals surface area (Å²) in [5, 5.41) is 16.1. The second-order valence-corrected chi connectivity index (χ2v) is 5.57. The molecule has 0 amide bonds. The van der Waals surface area contributed by atoms with E-state index in [2.05, 4.69) is 23.6 Å². The van der Waals surface area contributed by atoms with E-state index in [1.165, 1.54) is 25.7 Å². The highest BCUT2D eigenvalue weighted by Crippen LogP contribution is 2.23. The van der Waals surface area contributed by atoms with Crippen LogP contribution in [0.5, 0.6) is 0 Å². The number of nitriles is 1. The lowest BCUT2D eigenvalue weighted by molar-refractivity contribution is 0.309. The van der Waals surface area contributed by atoms with E-state index in [0.717, 1.165) is 5.69 Å². The van der Waals surface area contributed by atoms with Crippen LogP contribution in [0.4, 0.5) is 5.69 Å². The van der Waals surface area contributed by atoms with Crippen LogP contribution in [0.1, 0.15) is 38.2 Å². The van der Waals surface area contributed by atoms with Crippen LogP contribution in [-0.2, 0) is 0 Å². The minimum Gasteiger partial charge on any atom is -0.359 e. The maximum absolute atomic E-state index is 8.87. The van der Waals surface area contributed by atoms with Crippen LogP contribution >= 0.6 is 12.2 Å². The molecule has 19 heavy (non-hydrogen) atoms. The Bertz CT molecular complexity index is 492. The summed E-state index contributed by atoms with van der Waals surface area (Å²) in [6, 6.07) is 9.95. The Morgan fingerprint density at radius 1 is 1.37 bits per heavy atom. The highest BCUT2D eigenvalue weighted by molar-refractivity contribution is 7.80. The summed E-state index contributed by atoms with van der Waals surface area (Å²) < 4.78 is 0. The monoisotopic (exact) mass is 273 g/mol. The van der Waals surface area contributed by atoms with Gasteiger partial charge in [-0.2, -0.15) is 5.26 Å². The molecule has 0 heterocycles. The molecule has 2 atom stereocenters. The average molecular weight is 273 g/mol. The van der Waals surface area contributed by atoms with E-state index in [-0.39, 0.29) is 0 Å². The van der Waals surface area contributed by atoms with E-state index in [9.17, 15) is 0 Å². The molecular formula is C15H19N3S. The maximum atomic E-state index is 8.87. The SMILES string of the molecule is CC1CCCCC1NC(=S)Nc1cccc(C#N)c1. The zero-order valence-corrected chi connectivity index (χ0v) is 12.0. The Hall–Kier alpha value is -1.60. The van der Waals surface area contributed by atoms with Crippen molar-refractivity contribution in [3.63, 3.8) is 0 Å². The van der Waals surface area contributed by atoms with Crippen molar-refractivity contribution in [3.05, 3.63) is 29.8 Å². The van der Waals surface area contributed by atoms with E-state index in [4.69, 9.17) is 17.5 Å². The predicted molar refractivity (Wildman–Crippen MR) is 81.9 cm³/mol. The summed E-state index contributed by atoms with van der Waals surface area (Å²) in [5.41, 5.74) is 1.50. The third kappa shape index (κ3) is 3.93. The fourth-order valence-corrected chi connectivity index (χ4v) is 2.80. The van der Waals surface area contributed by atoms with Crippen molar-refractivity contribution in [1.29, 1.82) is 5.26 Å². The van der Waals surface area contributed by atoms with E-state index < -0.39 is 0 Å². The summed E-state index contributed by atoms with van der Waals surface area (Å²) in [6.07, 6.45) is 5.05. The third-order valence-electron chi connectivity index (χ3n) is 3.68. The molecule has 1 aromatic rings. The van der Waals surface area contributed by atoms with E-state index in [0.29, 0.717) is 22.6 Å². The molecule has 1 fully saturated rings. The minimum atomic E-state index is 0.466. The number of hydrogen-bond donors (Lipinski definition) is 2. The van der Waals surface area contributed by atoms with Gasteiger partial charge in [0.1, 0.15) is 0 Å². The fourth-order valence-electron chi connectivity index (χ4n) is 2.53. The van der Waals surface area contributed by atoms with Crippen molar-refractivity contribution in [2.45, 2.75) is 38.6 Å². The van der Waals surface area contributed by atoms with Gasteiger partial charge in [0.2, 0.25) is 0 Å².